The van der Waals surface area contributed by atoms with E-state index in [0.717, 1.165) is 5.56 Å². The van der Waals surface area contributed by atoms with Gasteiger partial charge in [-0.25, -0.2) is 0 Å². The number of benzene rings is 2. The summed E-state index contributed by atoms with van der Waals surface area (Å²) in [6, 6.07) is 13.2. The lowest BCUT2D eigenvalue weighted by atomic mass is 10.0. The normalized spacial score (nSPS) is 11.7. The molecule has 2 rings (SSSR count). The van der Waals surface area contributed by atoms with Crippen LogP contribution < -0.4 is 0 Å². The Bertz CT molecular complexity index is 797. The second kappa shape index (κ2) is 8.77. The monoisotopic (exact) mass is 371 g/mol. The SMILES string of the molecule is Cc1ccc(C(=O)C(C)N(C)C(=O)CCC(=O)c2ccc(Cl)cc2)cc1. The van der Waals surface area contributed by atoms with Crippen molar-refractivity contribution in [2.75, 3.05) is 7.05 Å². The van der Waals surface area contributed by atoms with E-state index in [4.69, 9.17) is 11.6 Å². The first kappa shape index (κ1) is 19.9. The van der Waals surface area contributed by atoms with Crippen molar-refractivity contribution in [2.24, 2.45) is 0 Å². The van der Waals surface area contributed by atoms with Crippen LogP contribution in [0, 0.1) is 6.92 Å². The first-order valence-corrected chi connectivity index (χ1v) is 8.82. The smallest absolute Gasteiger partial charge is 0.223 e. The summed E-state index contributed by atoms with van der Waals surface area (Å²) in [4.78, 5) is 38.4. The highest BCUT2D eigenvalue weighted by atomic mass is 35.5. The molecule has 5 heteroatoms. The van der Waals surface area contributed by atoms with Crippen molar-refractivity contribution in [3.63, 3.8) is 0 Å². The highest BCUT2D eigenvalue weighted by Gasteiger charge is 2.23. The first-order chi connectivity index (χ1) is 12.3. The van der Waals surface area contributed by atoms with Crippen LogP contribution in [0.4, 0.5) is 0 Å². The predicted octanol–water partition coefficient (Wildman–Crippen LogP) is 4.34. The summed E-state index contributed by atoms with van der Waals surface area (Å²) in [6.45, 7) is 3.64. The van der Waals surface area contributed by atoms with Crippen LogP contribution in [-0.4, -0.2) is 35.5 Å². The Balaban J connectivity index is 1.93. The van der Waals surface area contributed by atoms with Gasteiger partial charge < -0.3 is 4.90 Å². The fraction of sp³-hybridized carbons (Fsp3) is 0.286. The van der Waals surface area contributed by atoms with Crippen LogP contribution >= 0.6 is 11.6 Å². The Kier molecular flexibility index (Phi) is 6.70. The molecule has 26 heavy (non-hydrogen) atoms. The lowest BCUT2D eigenvalue weighted by molar-refractivity contribution is -0.130. The zero-order chi connectivity index (χ0) is 19.3. The molecule has 0 aliphatic rings. The minimum Gasteiger partial charge on any atom is -0.336 e. The second-order valence-electron chi connectivity index (χ2n) is 6.34. The van der Waals surface area contributed by atoms with Crippen LogP contribution in [-0.2, 0) is 4.79 Å². The van der Waals surface area contributed by atoms with Crippen molar-refractivity contribution >= 4 is 29.1 Å². The third kappa shape index (κ3) is 5.02. The summed E-state index contributed by atoms with van der Waals surface area (Å²) in [5.74, 6) is -0.480. The molecule has 0 aliphatic heterocycles. The van der Waals surface area contributed by atoms with Gasteiger partial charge in [0.25, 0.3) is 0 Å². The minimum absolute atomic E-state index is 0.0590. The third-order valence-electron chi connectivity index (χ3n) is 4.42. The molecule has 1 unspecified atom stereocenters. The summed E-state index contributed by atoms with van der Waals surface area (Å²) in [5, 5.41) is 0.556. The molecule has 0 aliphatic carbocycles. The van der Waals surface area contributed by atoms with E-state index in [9.17, 15) is 14.4 Å². The zero-order valence-corrected chi connectivity index (χ0v) is 15.9. The van der Waals surface area contributed by atoms with E-state index in [1.807, 2.05) is 19.1 Å². The van der Waals surface area contributed by atoms with Crippen molar-refractivity contribution in [1.29, 1.82) is 0 Å². The van der Waals surface area contributed by atoms with E-state index >= 15 is 0 Å². The Hall–Kier alpha value is -2.46. The van der Waals surface area contributed by atoms with Gasteiger partial charge in [-0.1, -0.05) is 41.4 Å². The van der Waals surface area contributed by atoms with Gasteiger partial charge in [0, 0.05) is 36.0 Å². The number of hydrogen-bond acceptors (Lipinski definition) is 3. The van der Waals surface area contributed by atoms with E-state index in [2.05, 4.69) is 0 Å². The zero-order valence-electron chi connectivity index (χ0n) is 15.2. The molecule has 2 aromatic carbocycles. The number of carbonyl (C=O) groups excluding carboxylic acids is 3. The maximum absolute atomic E-state index is 12.5. The molecule has 0 saturated heterocycles. The number of halogens is 1. The molecule has 1 amide bonds. The van der Waals surface area contributed by atoms with Crippen LogP contribution in [0.5, 0.6) is 0 Å². The van der Waals surface area contributed by atoms with Gasteiger partial charge in [-0.2, -0.15) is 0 Å². The van der Waals surface area contributed by atoms with Gasteiger partial charge in [0.1, 0.15) is 0 Å². The molecule has 0 spiro atoms. The van der Waals surface area contributed by atoms with Gasteiger partial charge in [-0.3, -0.25) is 14.4 Å². The molecule has 1 atom stereocenters. The van der Waals surface area contributed by atoms with E-state index in [0.29, 0.717) is 16.1 Å². The van der Waals surface area contributed by atoms with Gasteiger partial charge in [-0.15, -0.1) is 0 Å². The largest absolute Gasteiger partial charge is 0.336 e. The number of rotatable bonds is 7. The molecule has 0 aromatic heterocycles. The fourth-order valence-electron chi connectivity index (χ4n) is 2.53. The Morgan fingerprint density at radius 2 is 1.46 bits per heavy atom. The van der Waals surface area contributed by atoms with Crippen LogP contribution in [0.1, 0.15) is 46.0 Å². The Morgan fingerprint density at radius 3 is 2.04 bits per heavy atom. The van der Waals surface area contributed by atoms with Crippen molar-refractivity contribution in [2.45, 2.75) is 32.7 Å². The predicted molar refractivity (Wildman–Crippen MR) is 103 cm³/mol. The van der Waals surface area contributed by atoms with Crippen LogP contribution in [0.3, 0.4) is 0 Å². The summed E-state index contributed by atoms with van der Waals surface area (Å²) in [6.07, 6.45) is 0.153. The molecule has 0 radical (unpaired) electrons. The molecular formula is C21H22ClNO3. The maximum Gasteiger partial charge on any atom is 0.223 e. The number of hydrogen-bond donors (Lipinski definition) is 0. The molecule has 0 heterocycles. The number of Topliss-reactive ketones (excluding diaryl/α,β-unsaturated/α-hetero) is 2. The Labute approximate surface area is 158 Å². The molecule has 4 nitrogen and oxygen atoms in total. The van der Waals surface area contributed by atoms with Gasteiger partial charge in [0.15, 0.2) is 11.6 Å². The van der Waals surface area contributed by atoms with Gasteiger partial charge in [0.05, 0.1) is 6.04 Å². The molecule has 0 bridgehead atoms. The third-order valence-corrected chi connectivity index (χ3v) is 4.67. The standard InChI is InChI=1S/C21H22ClNO3/c1-14-4-6-17(7-5-14)21(26)15(2)23(3)20(25)13-12-19(24)16-8-10-18(22)11-9-16/h4-11,15H,12-13H2,1-3H3. The maximum atomic E-state index is 12.5. The molecule has 2 aromatic rings. The topological polar surface area (TPSA) is 54.5 Å². The quantitative estimate of drug-likeness (QED) is 0.680. The number of likely N-dealkylation sites (N-methyl/N-ethyl adjacent to an activating group) is 1. The first-order valence-electron chi connectivity index (χ1n) is 8.45. The summed E-state index contributed by atoms with van der Waals surface area (Å²) in [5.41, 5.74) is 2.16. The van der Waals surface area contributed by atoms with Gasteiger partial charge >= 0.3 is 0 Å². The minimum atomic E-state index is -0.587. The number of ketones is 2. The lowest BCUT2D eigenvalue weighted by Crippen LogP contribution is -2.40. The van der Waals surface area contributed by atoms with Crippen molar-refractivity contribution in [3.05, 3.63) is 70.2 Å². The number of carbonyl (C=O) groups is 3. The van der Waals surface area contributed by atoms with Crippen molar-refractivity contribution < 1.29 is 14.4 Å². The average Bonchev–Trinajstić information content (AvgIpc) is 2.65. The highest BCUT2D eigenvalue weighted by molar-refractivity contribution is 6.30. The number of nitrogens with zero attached hydrogens (tertiary/aromatic N) is 1. The molecule has 136 valence electrons. The summed E-state index contributed by atoms with van der Waals surface area (Å²) >= 11 is 5.81. The number of amides is 1. The average molecular weight is 372 g/mol. The van der Waals surface area contributed by atoms with Gasteiger partial charge in [-0.05, 0) is 38.1 Å². The van der Waals surface area contributed by atoms with Crippen LogP contribution in [0.2, 0.25) is 5.02 Å². The second-order valence-corrected chi connectivity index (χ2v) is 6.78. The molecule has 0 N–H and O–H groups in total. The number of aryl methyl sites for hydroxylation is 1. The van der Waals surface area contributed by atoms with E-state index in [1.54, 1.807) is 50.4 Å². The van der Waals surface area contributed by atoms with Crippen molar-refractivity contribution in [3.8, 4) is 0 Å². The van der Waals surface area contributed by atoms with Crippen LogP contribution in [0.25, 0.3) is 0 Å². The summed E-state index contributed by atoms with van der Waals surface area (Å²) in [7, 11) is 1.59. The highest BCUT2D eigenvalue weighted by Crippen LogP contribution is 2.14. The van der Waals surface area contributed by atoms with E-state index in [-0.39, 0.29) is 30.3 Å². The van der Waals surface area contributed by atoms with Gasteiger partial charge in [0.2, 0.25) is 5.91 Å². The van der Waals surface area contributed by atoms with Crippen LogP contribution in [0.15, 0.2) is 48.5 Å². The fourth-order valence-corrected chi connectivity index (χ4v) is 2.65. The Morgan fingerprint density at radius 1 is 0.923 bits per heavy atom. The van der Waals surface area contributed by atoms with Crippen molar-refractivity contribution in [1.82, 2.24) is 4.90 Å². The molecular weight excluding hydrogens is 350 g/mol. The molecule has 0 fully saturated rings. The van der Waals surface area contributed by atoms with E-state index in [1.165, 1.54) is 4.90 Å². The lowest BCUT2D eigenvalue weighted by Gasteiger charge is -2.24. The summed E-state index contributed by atoms with van der Waals surface area (Å²) < 4.78 is 0. The van der Waals surface area contributed by atoms with E-state index < -0.39 is 6.04 Å². The molecule has 0 saturated carbocycles.